The Morgan fingerprint density at radius 2 is 2.20 bits per heavy atom. The average molecular weight is 279 g/mol. The number of carbonyl (C=O) groups excluding carboxylic acids is 2. The Labute approximate surface area is 114 Å². The van der Waals surface area contributed by atoms with Gasteiger partial charge >= 0.3 is 5.97 Å². The molecule has 0 fully saturated rings. The lowest BCUT2D eigenvalue weighted by molar-refractivity contribution is -0.140. The molecule has 0 unspecified atom stereocenters. The number of rotatable bonds is 5. The van der Waals surface area contributed by atoms with Gasteiger partial charge in [-0.2, -0.15) is 0 Å². The van der Waals surface area contributed by atoms with Crippen molar-refractivity contribution < 1.29 is 23.1 Å². The number of fused-ring (bicyclic) bond motifs is 1. The van der Waals surface area contributed by atoms with Gasteiger partial charge in [0.05, 0.1) is 26.2 Å². The van der Waals surface area contributed by atoms with Crippen LogP contribution in [0.25, 0.3) is 11.0 Å². The SMILES string of the molecule is COC(=O)CCNC(=O)Cc1coc2ccc(F)cc12. The van der Waals surface area contributed by atoms with E-state index in [0.29, 0.717) is 16.5 Å². The van der Waals surface area contributed by atoms with Gasteiger partial charge in [-0.15, -0.1) is 0 Å². The highest BCUT2D eigenvalue weighted by Crippen LogP contribution is 2.22. The second-order valence-corrected chi connectivity index (χ2v) is 4.25. The fraction of sp³-hybridized carbons (Fsp3) is 0.286. The molecule has 1 N–H and O–H groups in total. The summed E-state index contributed by atoms with van der Waals surface area (Å²) in [5.41, 5.74) is 1.14. The first-order valence-corrected chi connectivity index (χ1v) is 6.09. The van der Waals surface area contributed by atoms with Crippen molar-refractivity contribution >= 4 is 22.8 Å². The number of ether oxygens (including phenoxy) is 1. The molecular weight excluding hydrogens is 265 g/mol. The van der Waals surface area contributed by atoms with Gasteiger partial charge in [-0.1, -0.05) is 0 Å². The Hall–Kier alpha value is -2.37. The summed E-state index contributed by atoms with van der Waals surface area (Å²) in [5, 5.41) is 3.17. The number of carbonyl (C=O) groups is 2. The van der Waals surface area contributed by atoms with E-state index in [1.165, 1.54) is 31.6 Å². The Morgan fingerprint density at radius 3 is 2.95 bits per heavy atom. The molecule has 0 aliphatic heterocycles. The first-order valence-electron chi connectivity index (χ1n) is 6.09. The van der Waals surface area contributed by atoms with Crippen molar-refractivity contribution in [1.29, 1.82) is 0 Å². The number of halogens is 1. The smallest absolute Gasteiger partial charge is 0.307 e. The molecule has 2 rings (SSSR count). The molecule has 1 heterocycles. The molecule has 0 bridgehead atoms. The average Bonchev–Trinajstić information content (AvgIpc) is 2.81. The molecule has 5 nitrogen and oxygen atoms in total. The molecule has 0 saturated carbocycles. The van der Waals surface area contributed by atoms with E-state index < -0.39 is 0 Å². The van der Waals surface area contributed by atoms with Gasteiger partial charge < -0.3 is 14.5 Å². The Kier molecular flexibility index (Phi) is 4.34. The minimum absolute atomic E-state index is 0.0671. The molecule has 1 amide bonds. The summed E-state index contributed by atoms with van der Waals surface area (Å²) in [6, 6.07) is 4.14. The van der Waals surface area contributed by atoms with E-state index in [0.717, 1.165) is 0 Å². The number of hydrogen-bond acceptors (Lipinski definition) is 4. The van der Waals surface area contributed by atoms with Gasteiger partial charge in [-0.3, -0.25) is 9.59 Å². The third-order valence-corrected chi connectivity index (χ3v) is 2.85. The lowest BCUT2D eigenvalue weighted by Crippen LogP contribution is -2.27. The molecule has 0 aliphatic carbocycles. The van der Waals surface area contributed by atoms with E-state index in [1.807, 2.05) is 0 Å². The van der Waals surface area contributed by atoms with Crippen LogP contribution in [0, 0.1) is 5.82 Å². The van der Waals surface area contributed by atoms with Crippen LogP contribution in [-0.4, -0.2) is 25.5 Å². The number of hydrogen-bond donors (Lipinski definition) is 1. The van der Waals surface area contributed by atoms with Crippen LogP contribution in [0.3, 0.4) is 0 Å². The van der Waals surface area contributed by atoms with Crippen molar-refractivity contribution in [2.45, 2.75) is 12.8 Å². The zero-order chi connectivity index (χ0) is 14.5. The first kappa shape index (κ1) is 14.0. The maximum atomic E-state index is 13.2. The fourth-order valence-corrected chi connectivity index (χ4v) is 1.83. The second-order valence-electron chi connectivity index (χ2n) is 4.25. The van der Waals surface area contributed by atoms with Gasteiger partial charge in [-0.05, 0) is 18.2 Å². The number of amides is 1. The molecule has 0 spiro atoms. The molecule has 20 heavy (non-hydrogen) atoms. The van der Waals surface area contributed by atoms with Gasteiger partial charge in [0.2, 0.25) is 5.91 Å². The molecule has 2 aromatic rings. The normalized spacial score (nSPS) is 10.5. The van der Waals surface area contributed by atoms with E-state index >= 15 is 0 Å². The van der Waals surface area contributed by atoms with Gasteiger partial charge in [-0.25, -0.2) is 4.39 Å². The summed E-state index contributed by atoms with van der Waals surface area (Å²) >= 11 is 0. The zero-order valence-corrected chi connectivity index (χ0v) is 10.9. The van der Waals surface area contributed by atoms with Crippen LogP contribution in [0.5, 0.6) is 0 Å². The number of furan rings is 1. The highest BCUT2D eigenvalue weighted by molar-refractivity contribution is 5.87. The van der Waals surface area contributed by atoms with E-state index in [4.69, 9.17) is 4.42 Å². The lowest BCUT2D eigenvalue weighted by atomic mass is 10.1. The topological polar surface area (TPSA) is 68.5 Å². The van der Waals surface area contributed by atoms with Gasteiger partial charge in [0.1, 0.15) is 11.4 Å². The van der Waals surface area contributed by atoms with Crippen molar-refractivity contribution in [3.8, 4) is 0 Å². The Bertz CT molecular complexity index is 635. The molecule has 0 saturated heterocycles. The van der Waals surface area contributed by atoms with Gasteiger partial charge in [0.15, 0.2) is 0 Å². The van der Waals surface area contributed by atoms with Crippen LogP contribution >= 0.6 is 0 Å². The minimum Gasteiger partial charge on any atom is -0.469 e. The molecule has 106 valence electrons. The predicted octanol–water partition coefficient (Wildman–Crippen LogP) is 1.79. The first-order chi connectivity index (χ1) is 9.60. The van der Waals surface area contributed by atoms with Crippen LogP contribution in [-0.2, 0) is 20.7 Å². The lowest BCUT2D eigenvalue weighted by Gasteiger charge is -2.03. The molecule has 0 aliphatic rings. The molecular formula is C14H14FNO4. The van der Waals surface area contributed by atoms with Crippen LogP contribution in [0.4, 0.5) is 4.39 Å². The van der Waals surface area contributed by atoms with E-state index in [-0.39, 0.29) is 37.1 Å². The Balaban J connectivity index is 1.96. The monoisotopic (exact) mass is 279 g/mol. The van der Waals surface area contributed by atoms with Crippen LogP contribution in [0.15, 0.2) is 28.9 Å². The zero-order valence-electron chi connectivity index (χ0n) is 10.9. The summed E-state index contributed by atoms with van der Waals surface area (Å²) in [5.74, 6) is -1.03. The standard InChI is InChI=1S/C14H14FNO4/c1-19-14(18)4-5-16-13(17)6-9-8-20-12-3-2-10(15)7-11(9)12/h2-3,7-8H,4-6H2,1H3,(H,16,17). The van der Waals surface area contributed by atoms with Crippen molar-refractivity contribution in [3.05, 3.63) is 35.8 Å². The van der Waals surface area contributed by atoms with Crippen molar-refractivity contribution in [2.24, 2.45) is 0 Å². The number of methoxy groups -OCH3 is 1. The number of esters is 1. The highest BCUT2D eigenvalue weighted by atomic mass is 19.1. The van der Waals surface area contributed by atoms with Gasteiger partial charge in [0.25, 0.3) is 0 Å². The molecule has 1 aromatic heterocycles. The number of benzene rings is 1. The van der Waals surface area contributed by atoms with E-state index in [2.05, 4.69) is 10.1 Å². The molecule has 6 heteroatoms. The summed E-state index contributed by atoms with van der Waals surface area (Å²) in [4.78, 5) is 22.6. The van der Waals surface area contributed by atoms with Crippen LogP contribution < -0.4 is 5.32 Å². The summed E-state index contributed by atoms with van der Waals surface area (Å²) in [6.07, 6.45) is 1.62. The fourth-order valence-electron chi connectivity index (χ4n) is 1.83. The van der Waals surface area contributed by atoms with E-state index in [1.54, 1.807) is 0 Å². The van der Waals surface area contributed by atoms with Crippen molar-refractivity contribution in [3.63, 3.8) is 0 Å². The largest absolute Gasteiger partial charge is 0.469 e. The summed E-state index contributed by atoms with van der Waals surface area (Å²) < 4.78 is 22.9. The molecule has 0 atom stereocenters. The molecule has 1 aromatic carbocycles. The minimum atomic E-state index is -0.388. The quantitative estimate of drug-likeness (QED) is 0.847. The van der Waals surface area contributed by atoms with Crippen LogP contribution in [0.1, 0.15) is 12.0 Å². The summed E-state index contributed by atoms with van der Waals surface area (Å²) in [7, 11) is 1.29. The predicted molar refractivity (Wildman–Crippen MR) is 69.5 cm³/mol. The van der Waals surface area contributed by atoms with Crippen molar-refractivity contribution in [1.82, 2.24) is 5.32 Å². The van der Waals surface area contributed by atoms with Crippen molar-refractivity contribution in [2.75, 3.05) is 13.7 Å². The third-order valence-electron chi connectivity index (χ3n) is 2.85. The maximum Gasteiger partial charge on any atom is 0.307 e. The van der Waals surface area contributed by atoms with Gasteiger partial charge in [0, 0.05) is 17.5 Å². The second kappa shape index (κ2) is 6.18. The maximum absolute atomic E-state index is 13.2. The van der Waals surface area contributed by atoms with Crippen LogP contribution in [0.2, 0.25) is 0 Å². The molecule has 0 radical (unpaired) electrons. The summed E-state index contributed by atoms with van der Waals surface area (Å²) in [6.45, 7) is 0.204. The highest BCUT2D eigenvalue weighted by Gasteiger charge is 2.11. The van der Waals surface area contributed by atoms with E-state index in [9.17, 15) is 14.0 Å². The third kappa shape index (κ3) is 3.34. The number of nitrogens with one attached hydrogen (secondary N) is 1. The Morgan fingerprint density at radius 1 is 1.40 bits per heavy atom.